The first-order valence-electron chi connectivity index (χ1n) is 8.16. The van der Waals surface area contributed by atoms with Crippen molar-refractivity contribution < 1.29 is 13.2 Å². The van der Waals surface area contributed by atoms with Crippen molar-refractivity contribution in [1.82, 2.24) is 14.9 Å². The highest BCUT2D eigenvalue weighted by atomic mass is 32.2. The van der Waals surface area contributed by atoms with Crippen LogP contribution in [0.15, 0.2) is 22.8 Å². The van der Waals surface area contributed by atoms with Gasteiger partial charge in [0.2, 0.25) is 5.91 Å². The molecule has 1 unspecified atom stereocenters. The molecule has 136 valence electrons. The van der Waals surface area contributed by atoms with Crippen LogP contribution in [0.2, 0.25) is 0 Å². The van der Waals surface area contributed by atoms with Crippen molar-refractivity contribution in [3.8, 4) is 0 Å². The SMILES string of the molecule is CC(C)CN(C(=O)CSc1ncnc2sccc12)C1CCS(=O)(=O)C1. The molecule has 0 aromatic carbocycles. The summed E-state index contributed by atoms with van der Waals surface area (Å²) in [6, 6.07) is 1.76. The maximum Gasteiger partial charge on any atom is 0.233 e. The van der Waals surface area contributed by atoms with Gasteiger partial charge in [-0.15, -0.1) is 11.3 Å². The average molecular weight is 400 g/mol. The summed E-state index contributed by atoms with van der Waals surface area (Å²) < 4.78 is 23.6. The Balaban J connectivity index is 1.71. The number of aromatic nitrogens is 2. The van der Waals surface area contributed by atoms with Crippen molar-refractivity contribution in [1.29, 1.82) is 0 Å². The minimum Gasteiger partial charge on any atom is -0.338 e. The van der Waals surface area contributed by atoms with Gasteiger partial charge in [-0.1, -0.05) is 25.6 Å². The molecule has 0 radical (unpaired) electrons. The zero-order valence-corrected chi connectivity index (χ0v) is 16.7. The van der Waals surface area contributed by atoms with Crippen molar-refractivity contribution in [3.05, 3.63) is 17.8 Å². The van der Waals surface area contributed by atoms with E-state index in [9.17, 15) is 13.2 Å². The number of fused-ring (bicyclic) bond motifs is 1. The van der Waals surface area contributed by atoms with Crippen molar-refractivity contribution in [2.24, 2.45) is 5.92 Å². The summed E-state index contributed by atoms with van der Waals surface area (Å²) in [6.07, 6.45) is 2.05. The number of hydrogen-bond donors (Lipinski definition) is 0. The number of sulfone groups is 1. The molecule has 0 N–H and O–H groups in total. The van der Waals surface area contributed by atoms with E-state index in [0.717, 1.165) is 15.2 Å². The highest BCUT2D eigenvalue weighted by Gasteiger charge is 2.34. The molecular weight excluding hydrogens is 378 g/mol. The normalized spacial score (nSPS) is 19.6. The van der Waals surface area contributed by atoms with Gasteiger partial charge in [0.05, 0.1) is 17.3 Å². The highest BCUT2D eigenvalue weighted by molar-refractivity contribution is 8.00. The van der Waals surface area contributed by atoms with Gasteiger partial charge in [0.15, 0.2) is 9.84 Å². The number of thiophene rings is 1. The topological polar surface area (TPSA) is 80.2 Å². The molecule has 0 bridgehead atoms. The van der Waals surface area contributed by atoms with E-state index < -0.39 is 9.84 Å². The molecule has 9 heteroatoms. The van der Waals surface area contributed by atoms with E-state index in [2.05, 4.69) is 9.97 Å². The molecule has 0 spiro atoms. The van der Waals surface area contributed by atoms with Gasteiger partial charge in [-0.25, -0.2) is 18.4 Å². The maximum absolute atomic E-state index is 12.8. The molecule has 1 aliphatic rings. The first kappa shape index (κ1) is 18.6. The van der Waals surface area contributed by atoms with E-state index >= 15 is 0 Å². The van der Waals surface area contributed by atoms with Gasteiger partial charge in [0.1, 0.15) is 16.2 Å². The molecule has 3 rings (SSSR count). The van der Waals surface area contributed by atoms with Gasteiger partial charge < -0.3 is 4.90 Å². The largest absolute Gasteiger partial charge is 0.338 e. The first-order chi connectivity index (χ1) is 11.9. The minimum atomic E-state index is -3.02. The van der Waals surface area contributed by atoms with Crippen molar-refractivity contribution in [2.75, 3.05) is 23.8 Å². The van der Waals surface area contributed by atoms with Gasteiger partial charge in [-0.2, -0.15) is 0 Å². The fraction of sp³-hybridized carbons (Fsp3) is 0.562. The van der Waals surface area contributed by atoms with Crippen LogP contribution in [0.3, 0.4) is 0 Å². The quantitative estimate of drug-likeness (QED) is 0.548. The zero-order valence-electron chi connectivity index (χ0n) is 14.2. The monoisotopic (exact) mass is 399 g/mol. The average Bonchev–Trinajstić information content (AvgIpc) is 3.16. The van der Waals surface area contributed by atoms with Crippen molar-refractivity contribution in [2.45, 2.75) is 31.3 Å². The zero-order chi connectivity index (χ0) is 18.0. The molecule has 1 fully saturated rings. The Morgan fingerprint density at radius 3 is 2.92 bits per heavy atom. The van der Waals surface area contributed by atoms with E-state index in [1.807, 2.05) is 25.3 Å². The third kappa shape index (κ3) is 4.51. The van der Waals surface area contributed by atoms with Crippen LogP contribution in [-0.2, 0) is 14.6 Å². The van der Waals surface area contributed by atoms with Gasteiger partial charge in [-0.3, -0.25) is 4.79 Å². The van der Waals surface area contributed by atoms with Crippen molar-refractivity contribution in [3.63, 3.8) is 0 Å². The van der Waals surface area contributed by atoms with E-state index in [1.165, 1.54) is 18.1 Å². The molecule has 1 amide bonds. The predicted molar refractivity (Wildman–Crippen MR) is 102 cm³/mol. The molecule has 1 aliphatic heterocycles. The summed E-state index contributed by atoms with van der Waals surface area (Å²) in [5.74, 6) is 0.778. The second-order valence-electron chi connectivity index (χ2n) is 6.60. The third-order valence-electron chi connectivity index (χ3n) is 4.09. The number of amides is 1. The number of thioether (sulfide) groups is 1. The standard InChI is InChI=1S/C16H21N3O3S3/c1-11(2)7-19(12-4-6-25(21,22)9-12)14(20)8-24-16-13-3-5-23-15(13)17-10-18-16/h3,5,10-12H,4,6-9H2,1-2H3. The number of carbonyl (C=O) groups excluding carboxylic acids is 1. The van der Waals surface area contributed by atoms with E-state index in [0.29, 0.717) is 18.9 Å². The number of nitrogens with zero attached hydrogens (tertiary/aromatic N) is 3. The van der Waals surface area contributed by atoms with Crippen LogP contribution in [0.4, 0.5) is 0 Å². The van der Waals surface area contributed by atoms with E-state index in [-0.39, 0.29) is 29.2 Å². The summed E-state index contributed by atoms with van der Waals surface area (Å²) >= 11 is 2.94. The van der Waals surface area contributed by atoms with Crippen LogP contribution < -0.4 is 0 Å². The lowest BCUT2D eigenvalue weighted by Gasteiger charge is -2.29. The maximum atomic E-state index is 12.8. The van der Waals surface area contributed by atoms with Crippen LogP contribution in [0, 0.1) is 5.92 Å². The molecule has 2 aromatic heterocycles. The van der Waals surface area contributed by atoms with Gasteiger partial charge in [-0.05, 0) is 23.8 Å². The molecule has 0 saturated carbocycles. The Hall–Kier alpha value is -1.19. The third-order valence-corrected chi connectivity index (χ3v) is 7.65. The van der Waals surface area contributed by atoms with Crippen LogP contribution in [0.5, 0.6) is 0 Å². The lowest BCUT2D eigenvalue weighted by molar-refractivity contribution is -0.130. The summed E-state index contributed by atoms with van der Waals surface area (Å²) in [5, 5.41) is 3.71. The lowest BCUT2D eigenvalue weighted by Crippen LogP contribution is -2.44. The van der Waals surface area contributed by atoms with Crippen LogP contribution >= 0.6 is 23.1 Å². The number of rotatable bonds is 6. The van der Waals surface area contributed by atoms with Crippen LogP contribution in [0.1, 0.15) is 20.3 Å². The fourth-order valence-electron chi connectivity index (χ4n) is 2.96. The molecule has 1 saturated heterocycles. The molecule has 25 heavy (non-hydrogen) atoms. The number of hydrogen-bond acceptors (Lipinski definition) is 7. The Bertz CT molecular complexity index is 864. The Kier molecular flexibility index (Phi) is 5.65. The van der Waals surface area contributed by atoms with Crippen LogP contribution in [0.25, 0.3) is 10.2 Å². The van der Waals surface area contributed by atoms with Crippen molar-refractivity contribution >= 4 is 49.1 Å². The lowest BCUT2D eigenvalue weighted by atomic mass is 10.1. The second kappa shape index (κ2) is 7.59. The Morgan fingerprint density at radius 1 is 1.44 bits per heavy atom. The Morgan fingerprint density at radius 2 is 2.24 bits per heavy atom. The van der Waals surface area contributed by atoms with Crippen LogP contribution in [-0.4, -0.2) is 59.0 Å². The molecule has 0 aliphatic carbocycles. The molecule has 6 nitrogen and oxygen atoms in total. The summed E-state index contributed by atoms with van der Waals surface area (Å²) in [4.78, 5) is 24.0. The summed E-state index contributed by atoms with van der Waals surface area (Å²) in [6.45, 7) is 4.66. The second-order valence-corrected chi connectivity index (χ2v) is 10.7. The van der Waals surface area contributed by atoms with Gasteiger partial charge in [0, 0.05) is 18.0 Å². The van der Waals surface area contributed by atoms with Gasteiger partial charge >= 0.3 is 0 Å². The fourth-order valence-corrected chi connectivity index (χ4v) is 6.36. The first-order valence-corrected chi connectivity index (χ1v) is 11.9. The molecule has 3 heterocycles. The molecule has 1 atom stereocenters. The Labute approximate surface area is 156 Å². The smallest absolute Gasteiger partial charge is 0.233 e. The predicted octanol–water partition coefficient (Wildman–Crippen LogP) is 2.46. The minimum absolute atomic E-state index is 0.0252. The molecular formula is C16H21N3O3S3. The highest BCUT2D eigenvalue weighted by Crippen LogP contribution is 2.28. The summed E-state index contributed by atoms with van der Waals surface area (Å²) in [5.41, 5.74) is 0. The van der Waals surface area contributed by atoms with E-state index in [1.54, 1.807) is 16.2 Å². The number of carbonyl (C=O) groups is 1. The molecule has 2 aromatic rings. The van der Waals surface area contributed by atoms with E-state index in [4.69, 9.17) is 0 Å². The van der Waals surface area contributed by atoms with Gasteiger partial charge in [0.25, 0.3) is 0 Å². The summed E-state index contributed by atoms with van der Waals surface area (Å²) in [7, 11) is -3.02.